The maximum atomic E-state index is 5.36. The van der Waals surface area contributed by atoms with Crippen LogP contribution in [0.4, 0.5) is 0 Å². The predicted octanol–water partition coefficient (Wildman–Crippen LogP) is 3.17. The standard InChI is InChI=1S/C14H17NO2/c1-14(5-6-14)15-7-4-10-8-12(16-2)13(17-3)9-11(10)15/h4,7-9H,5-6H2,1-3H3. The second kappa shape index (κ2) is 3.42. The van der Waals surface area contributed by atoms with E-state index < -0.39 is 0 Å². The van der Waals surface area contributed by atoms with E-state index in [9.17, 15) is 0 Å². The number of ether oxygens (including phenoxy) is 2. The van der Waals surface area contributed by atoms with Gasteiger partial charge in [0.05, 0.1) is 19.7 Å². The summed E-state index contributed by atoms with van der Waals surface area (Å²) >= 11 is 0. The van der Waals surface area contributed by atoms with Gasteiger partial charge in [0.2, 0.25) is 0 Å². The molecule has 1 aromatic carbocycles. The van der Waals surface area contributed by atoms with E-state index in [0.29, 0.717) is 5.54 Å². The highest BCUT2D eigenvalue weighted by molar-refractivity contribution is 5.84. The summed E-state index contributed by atoms with van der Waals surface area (Å²) < 4.78 is 13.0. The Balaban J connectivity index is 2.22. The Labute approximate surface area is 101 Å². The van der Waals surface area contributed by atoms with Crippen LogP contribution in [0.5, 0.6) is 11.5 Å². The van der Waals surface area contributed by atoms with Crippen LogP contribution >= 0.6 is 0 Å². The Kier molecular flexibility index (Phi) is 2.12. The maximum Gasteiger partial charge on any atom is 0.162 e. The van der Waals surface area contributed by atoms with Gasteiger partial charge in [-0.2, -0.15) is 0 Å². The molecule has 1 aliphatic rings. The number of nitrogens with zero attached hydrogens (tertiary/aromatic N) is 1. The van der Waals surface area contributed by atoms with Crippen LogP contribution in [-0.2, 0) is 5.54 Å². The van der Waals surface area contributed by atoms with E-state index in [4.69, 9.17) is 9.47 Å². The number of hydrogen-bond donors (Lipinski definition) is 0. The number of aromatic nitrogens is 1. The van der Waals surface area contributed by atoms with Crippen molar-refractivity contribution in [2.24, 2.45) is 0 Å². The molecule has 0 bridgehead atoms. The van der Waals surface area contributed by atoms with Crippen molar-refractivity contribution in [3.05, 3.63) is 24.4 Å². The van der Waals surface area contributed by atoms with Crippen LogP contribution in [0.1, 0.15) is 19.8 Å². The van der Waals surface area contributed by atoms with Crippen molar-refractivity contribution in [2.75, 3.05) is 14.2 Å². The van der Waals surface area contributed by atoms with Gasteiger partial charge < -0.3 is 14.0 Å². The van der Waals surface area contributed by atoms with Gasteiger partial charge in [0.15, 0.2) is 11.5 Å². The minimum Gasteiger partial charge on any atom is -0.493 e. The van der Waals surface area contributed by atoms with Crippen molar-refractivity contribution in [1.82, 2.24) is 4.57 Å². The van der Waals surface area contributed by atoms with E-state index in [-0.39, 0.29) is 0 Å². The van der Waals surface area contributed by atoms with Crippen LogP contribution in [0.25, 0.3) is 10.9 Å². The molecule has 0 unspecified atom stereocenters. The summed E-state index contributed by atoms with van der Waals surface area (Å²) in [6, 6.07) is 6.25. The molecule has 0 atom stereocenters. The zero-order valence-electron chi connectivity index (χ0n) is 10.5. The second-order valence-electron chi connectivity index (χ2n) is 4.95. The molecule has 17 heavy (non-hydrogen) atoms. The lowest BCUT2D eigenvalue weighted by atomic mass is 10.2. The molecular formula is C14H17NO2. The van der Waals surface area contributed by atoms with Crippen LogP contribution in [0, 0.1) is 0 Å². The third-order valence-electron chi connectivity index (χ3n) is 3.75. The molecule has 3 rings (SSSR count). The molecule has 1 saturated carbocycles. The molecule has 0 N–H and O–H groups in total. The summed E-state index contributed by atoms with van der Waals surface area (Å²) in [6.07, 6.45) is 4.67. The zero-order chi connectivity index (χ0) is 12.0. The minimum absolute atomic E-state index is 0.307. The van der Waals surface area contributed by atoms with Crippen LogP contribution in [0.2, 0.25) is 0 Å². The van der Waals surface area contributed by atoms with Crippen LogP contribution in [0.15, 0.2) is 24.4 Å². The molecule has 1 heterocycles. The van der Waals surface area contributed by atoms with Crippen LogP contribution < -0.4 is 9.47 Å². The third kappa shape index (κ3) is 1.49. The normalized spacial score (nSPS) is 17.1. The summed E-state index contributed by atoms with van der Waals surface area (Å²) in [6.45, 7) is 2.29. The molecule has 1 fully saturated rings. The third-order valence-corrected chi connectivity index (χ3v) is 3.75. The van der Waals surface area contributed by atoms with Crippen molar-refractivity contribution in [2.45, 2.75) is 25.3 Å². The van der Waals surface area contributed by atoms with Gasteiger partial charge in [-0.25, -0.2) is 0 Å². The van der Waals surface area contributed by atoms with Crippen molar-refractivity contribution >= 4 is 10.9 Å². The molecule has 0 radical (unpaired) electrons. The minimum atomic E-state index is 0.307. The number of rotatable bonds is 3. The molecule has 0 amide bonds. The predicted molar refractivity (Wildman–Crippen MR) is 67.9 cm³/mol. The summed E-state index contributed by atoms with van der Waals surface area (Å²) in [5, 5.41) is 1.20. The number of hydrogen-bond acceptors (Lipinski definition) is 2. The molecule has 0 aliphatic heterocycles. The Bertz CT molecular complexity index is 567. The SMILES string of the molecule is COc1cc2ccn(C3(C)CC3)c2cc1OC. The van der Waals surface area contributed by atoms with Gasteiger partial charge in [0.25, 0.3) is 0 Å². The van der Waals surface area contributed by atoms with Gasteiger partial charge in [-0.05, 0) is 31.9 Å². The Morgan fingerprint density at radius 3 is 2.35 bits per heavy atom. The van der Waals surface area contributed by atoms with E-state index in [1.807, 2.05) is 6.07 Å². The molecule has 3 heteroatoms. The maximum absolute atomic E-state index is 5.36. The topological polar surface area (TPSA) is 23.4 Å². The van der Waals surface area contributed by atoms with E-state index in [1.165, 1.54) is 23.7 Å². The molecule has 3 nitrogen and oxygen atoms in total. The Morgan fingerprint density at radius 2 is 1.76 bits per heavy atom. The number of fused-ring (bicyclic) bond motifs is 1. The Morgan fingerprint density at radius 1 is 1.12 bits per heavy atom. The fourth-order valence-electron chi connectivity index (χ4n) is 2.35. The van der Waals surface area contributed by atoms with Crippen LogP contribution in [-0.4, -0.2) is 18.8 Å². The fourth-order valence-corrected chi connectivity index (χ4v) is 2.35. The molecular weight excluding hydrogens is 214 g/mol. The summed E-state index contributed by atoms with van der Waals surface area (Å²) in [7, 11) is 3.35. The molecule has 0 saturated heterocycles. The molecule has 90 valence electrons. The van der Waals surface area contributed by atoms with E-state index in [2.05, 4.69) is 29.8 Å². The molecule has 0 spiro atoms. The van der Waals surface area contributed by atoms with Crippen molar-refractivity contribution < 1.29 is 9.47 Å². The first-order valence-electron chi connectivity index (χ1n) is 5.91. The highest BCUT2D eigenvalue weighted by atomic mass is 16.5. The van der Waals surface area contributed by atoms with Crippen molar-refractivity contribution in [1.29, 1.82) is 0 Å². The van der Waals surface area contributed by atoms with Gasteiger partial charge in [-0.1, -0.05) is 0 Å². The second-order valence-corrected chi connectivity index (χ2v) is 4.95. The summed E-state index contributed by atoms with van der Waals surface area (Å²) in [5.41, 5.74) is 1.53. The van der Waals surface area contributed by atoms with E-state index >= 15 is 0 Å². The molecule has 1 aliphatic carbocycles. The van der Waals surface area contributed by atoms with Gasteiger partial charge in [-0.15, -0.1) is 0 Å². The largest absolute Gasteiger partial charge is 0.493 e. The lowest BCUT2D eigenvalue weighted by Gasteiger charge is -2.14. The highest BCUT2D eigenvalue weighted by Crippen LogP contribution is 2.46. The molecule has 2 aromatic rings. The van der Waals surface area contributed by atoms with E-state index in [1.54, 1.807) is 14.2 Å². The number of methoxy groups -OCH3 is 2. The first kappa shape index (κ1) is 10.5. The average molecular weight is 231 g/mol. The van der Waals surface area contributed by atoms with Gasteiger partial charge in [0, 0.05) is 23.2 Å². The zero-order valence-corrected chi connectivity index (χ0v) is 10.5. The van der Waals surface area contributed by atoms with Crippen molar-refractivity contribution in [3.63, 3.8) is 0 Å². The average Bonchev–Trinajstić information content (AvgIpc) is 2.94. The van der Waals surface area contributed by atoms with Crippen LogP contribution in [0.3, 0.4) is 0 Å². The van der Waals surface area contributed by atoms with E-state index in [0.717, 1.165) is 11.5 Å². The Hall–Kier alpha value is -1.64. The first-order chi connectivity index (χ1) is 8.18. The lowest BCUT2D eigenvalue weighted by molar-refractivity contribution is 0.355. The van der Waals surface area contributed by atoms with Gasteiger partial charge in [0.1, 0.15) is 0 Å². The number of benzene rings is 1. The monoisotopic (exact) mass is 231 g/mol. The smallest absolute Gasteiger partial charge is 0.162 e. The fraction of sp³-hybridized carbons (Fsp3) is 0.429. The first-order valence-corrected chi connectivity index (χ1v) is 5.91. The highest BCUT2D eigenvalue weighted by Gasteiger charge is 2.39. The summed E-state index contributed by atoms with van der Waals surface area (Å²) in [4.78, 5) is 0. The van der Waals surface area contributed by atoms with Gasteiger partial charge in [-0.3, -0.25) is 0 Å². The lowest BCUT2D eigenvalue weighted by Crippen LogP contribution is -2.10. The quantitative estimate of drug-likeness (QED) is 0.810. The molecule has 1 aromatic heterocycles. The van der Waals surface area contributed by atoms with Gasteiger partial charge >= 0.3 is 0 Å². The summed E-state index contributed by atoms with van der Waals surface area (Å²) in [5.74, 6) is 1.59. The van der Waals surface area contributed by atoms with Crippen molar-refractivity contribution in [3.8, 4) is 11.5 Å².